The molecule has 0 radical (unpaired) electrons. The van der Waals surface area contributed by atoms with Gasteiger partial charge in [-0.3, -0.25) is 0 Å². The summed E-state index contributed by atoms with van der Waals surface area (Å²) in [6.07, 6.45) is 1.34. The first-order valence-corrected chi connectivity index (χ1v) is 6.25. The van der Waals surface area contributed by atoms with Gasteiger partial charge in [0.05, 0.1) is 4.47 Å². The van der Waals surface area contributed by atoms with Crippen molar-refractivity contribution >= 4 is 39.3 Å². The molecule has 0 saturated heterocycles. The zero-order valence-electron chi connectivity index (χ0n) is 7.82. The van der Waals surface area contributed by atoms with Crippen LogP contribution in [0.2, 0.25) is 5.15 Å². The van der Waals surface area contributed by atoms with Gasteiger partial charge in [0.1, 0.15) is 22.3 Å². The van der Waals surface area contributed by atoms with Crippen LogP contribution in [-0.2, 0) is 0 Å². The van der Waals surface area contributed by atoms with Crippen molar-refractivity contribution in [2.24, 2.45) is 0 Å². The Balaban J connectivity index is 2.35. The van der Waals surface area contributed by atoms with Crippen LogP contribution in [0.4, 0.5) is 4.39 Å². The highest BCUT2D eigenvalue weighted by atomic mass is 79.9. The summed E-state index contributed by atoms with van der Waals surface area (Å²) in [6, 6.07) is 6.49. The van der Waals surface area contributed by atoms with Crippen molar-refractivity contribution in [3.63, 3.8) is 0 Å². The van der Waals surface area contributed by atoms with E-state index in [0.717, 1.165) is 0 Å². The fourth-order valence-corrected chi connectivity index (χ4v) is 2.48. The number of hydrogen-bond acceptors (Lipinski definition) is 3. The van der Waals surface area contributed by atoms with E-state index >= 15 is 0 Å². The van der Waals surface area contributed by atoms with Gasteiger partial charge in [0, 0.05) is 4.90 Å². The summed E-state index contributed by atoms with van der Waals surface area (Å²) in [5.41, 5.74) is 0. The molecule has 0 unspecified atom stereocenters. The molecular formula is C10H5BrClFN2S. The third kappa shape index (κ3) is 2.53. The number of rotatable bonds is 2. The highest BCUT2D eigenvalue weighted by Gasteiger charge is 2.10. The van der Waals surface area contributed by atoms with Crippen LogP contribution in [-0.4, -0.2) is 9.97 Å². The summed E-state index contributed by atoms with van der Waals surface area (Å²) in [6.45, 7) is 0. The van der Waals surface area contributed by atoms with Crippen LogP contribution in [0.15, 0.2) is 45.0 Å². The molecule has 0 aliphatic rings. The van der Waals surface area contributed by atoms with Crippen molar-refractivity contribution in [2.45, 2.75) is 9.92 Å². The van der Waals surface area contributed by atoms with Gasteiger partial charge in [-0.1, -0.05) is 35.5 Å². The molecule has 0 atom stereocenters. The van der Waals surface area contributed by atoms with E-state index in [0.29, 0.717) is 19.5 Å². The molecule has 0 bridgehead atoms. The lowest BCUT2D eigenvalue weighted by molar-refractivity contribution is 0.602. The molecule has 1 heterocycles. The van der Waals surface area contributed by atoms with Crippen molar-refractivity contribution in [3.05, 3.63) is 46.0 Å². The standard InChI is InChI=1S/C10H5BrClFN2S/c11-8-9(12)14-5-15-10(8)16-7-4-2-1-3-6(7)13/h1-5H. The smallest absolute Gasteiger partial charge is 0.147 e. The van der Waals surface area contributed by atoms with Gasteiger partial charge in [-0.05, 0) is 28.1 Å². The molecule has 2 rings (SSSR count). The van der Waals surface area contributed by atoms with E-state index < -0.39 is 0 Å². The van der Waals surface area contributed by atoms with Gasteiger partial charge in [0.25, 0.3) is 0 Å². The molecule has 2 nitrogen and oxygen atoms in total. The summed E-state index contributed by atoms with van der Waals surface area (Å²) < 4.78 is 14.0. The Morgan fingerprint density at radius 1 is 1.25 bits per heavy atom. The van der Waals surface area contributed by atoms with Gasteiger partial charge in [0.15, 0.2) is 0 Å². The van der Waals surface area contributed by atoms with Crippen LogP contribution < -0.4 is 0 Å². The van der Waals surface area contributed by atoms with E-state index in [4.69, 9.17) is 11.6 Å². The second-order valence-corrected chi connectivity index (χ2v) is 5.00. The monoisotopic (exact) mass is 318 g/mol. The van der Waals surface area contributed by atoms with E-state index in [1.807, 2.05) is 0 Å². The highest BCUT2D eigenvalue weighted by Crippen LogP contribution is 2.35. The summed E-state index contributed by atoms with van der Waals surface area (Å²) >= 11 is 10.3. The fourth-order valence-electron chi connectivity index (χ4n) is 1.04. The predicted molar refractivity (Wildman–Crippen MR) is 65.3 cm³/mol. The molecule has 82 valence electrons. The highest BCUT2D eigenvalue weighted by molar-refractivity contribution is 9.10. The molecule has 1 aromatic carbocycles. The maximum absolute atomic E-state index is 13.4. The van der Waals surface area contributed by atoms with E-state index in [9.17, 15) is 4.39 Å². The Hall–Kier alpha value is -0.650. The topological polar surface area (TPSA) is 25.8 Å². The zero-order chi connectivity index (χ0) is 11.5. The molecule has 0 amide bonds. The quantitative estimate of drug-likeness (QED) is 0.777. The molecule has 0 N–H and O–H groups in total. The molecule has 16 heavy (non-hydrogen) atoms. The second-order valence-electron chi connectivity index (χ2n) is 2.82. The zero-order valence-corrected chi connectivity index (χ0v) is 11.0. The summed E-state index contributed by atoms with van der Waals surface area (Å²) in [5.74, 6) is -0.283. The molecule has 6 heteroatoms. The van der Waals surface area contributed by atoms with E-state index in [1.54, 1.807) is 18.2 Å². The lowest BCUT2D eigenvalue weighted by atomic mass is 10.3. The molecule has 0 aliphatic heterocycles. The van der Waals surface area contributed by atoms with Crippen LogP contribution in [0, 0.1) is 5.82 Å². The summed E-state index contributed by atoms with van der Waals surface area (Å²) in [4.78, 5) is 8.33. The van der Waals surface area contributed by atoms with E-state index in [2.05, 4.69) is 25.9 Å². The number of aromatic nitrogens is 2. The average Bonchev–Trinajstić information content (AvgIpc) is 2.28. The van der Waals surface area contributed by atoms with Crippen LogP contribution in [0.25, 0.3) is 0 Å². The van der Waals surface area contributed by atoms with Gasteiger partial charge in [-0.15, -0.1) is 0 Å². The first kappa shape index (κ1) is 11.8. The molecule has 0 spiro atoms. The fraction of sp³-hybridized carbons (Fsp3) is 0. The largest absolute Gasteiger partial charge is 0.228 e. The minimum Gasteiger partial charge on any atom is -0.228 e. The predicted octanol–water partition coefficient (Wildman–Crippen LogP) is 4.18. The number of halogens is 3. The summed E-state index contributed by atoms with van der Waals surface area (Å²) in [7, 11) is 0. The minimum atomic E-state index is -0.283. The van der Waals surface area contributed by atoms with Crippen LogP contribution in [0.3, 0.4) is 0 Å². The first-order chi connectivity index (χ1) is 7.68. The van der Waals surface area contributed by atoms with Crippen molar-refractivity contribution in [1.82, 2.24) is 9.97 Å². The molecule has 0 saturated carbocycles. The minimum absolute atomic E-state index is 0.283. The third-order valence-corrected chi connectivity index (χ3v) is 4.34. The lowest BCUT2D eigenvalue weighted by Gasteiger charge is -2.04. The Kier molecular flexibility index (Phi) is 3.78. The molecule has 1 aromatic heterocycles. The van der Waals surface area contributed by atoms with Gasteiger partial charge in [0.2, 0.25) is 0 Å². The first-order valence-electron chi connectivity index (χ1n) is 4.27. The number of nitrogens with zero attached hydrogens (tertiary/aromatic N) is 2. The normalized spacial score (nSPS) is 10.4. The van der Waals surface area contributed by atoms with Crippen molar-refractivity contribution in [3.8, 4) is 0 Å². The Labute approximate surface area is 109 Å². The maximum atomic E-state index is 13.4. The molecule has 0 fully saturated rings. The van der Waals surface area contributed by atoms with Crippen molar-refractivity contribution in [2.75, 3.05) is 0 Å². The molecule has 0 aliphatic carbocycles. The van der Waals surface area contributed by atoms with Crippen molar-refractivity contribution < 1.29 is 4.39 Å². The Morgan fingerprint density at radius 3 is 2.75 bits per heavy atom. The van der Waals surface area contributed by atoms with Crippen molar-refractivity contribution in [1.29, 1.82) is 0 Å². The van der Waals surface area contributed by atoms with Crippen LogP contribution in [0.5, 0.6) is 0 Å². The van der Waals surface area contributed by atoms with Gasteiger partial charge < -0.3 is 0 Å². The molecule has 2 aromatic rings. The Morgan fingerprint density at radius 2 is 2.00 bits per heavy atom. The van der Waals surface area contributed by atoms with Gasteiger partial charge in [-0.2, -0.15) is 0 Å². The molecular weight excluding hydrogens is 315 g/mol. The lowest BCUT2D eigenvalue weighted by Crippen LogP contribution is -1.87. The van der Waals surface area contributed by atoms with Crippen LogP contribution in [0.1, 0.15) is 0 Å². The van der Waals surface area contributed by atoms with E-state index in [1.165, 1.54) is 24.2 Å². The maximum Gasteiger partial charge on any atom is 0.147 e. The van der Waals surface area contributed by atoms with Gasteiger partial charge in [-0.25, -0.2) is 14.4 Å². The third-order valence-electron chi connectivity index (χ3n) is 1.76. The number of benzene rings is 1. The van der Waals surface area contributed by atoms with Crippen LogP contribution >= 0.6 is 39.3 Å². The summed E-state index contributed by atoms with van der Waals surface area (Å²) in [5, 5.41) is 0.902. The number of hydrogen-bond donors (Lipinski definition) is 0. The average molecular weight is 320 g/mol. The van der Waals surface area contributed by atoms with E-state index in [-0.39, 0.29) is 5.82 Å². The second kappa shape index (κ2) is 5.12. The SMILES string of the molecule is Fc1ccccc1Sc1ncnc(Cl)c1Br. The van der Waals surface area contributed by atoms with Gasteiger partial charge >= 0.3 is 0 Å². The Bertz CT molecular complexity index is 524.